The highest BCUT2D eigenvalue weighted by atomic mass is 16.1. The number of hydrogen-bond donors (Lipinski definition) is 0. The zero-order valence-electron chi connectivity index (χ0n) is 10.6. The van der Waals surface area contributed by atoms with Crippen molar-refractivity contribution >= 4 is 12.1 Å². The molecule has 1 atom stereocenters. The number of carbonyl (C=O) groups excluding carboxylic acids is 2. The van der Waals surface area contributed by atoms with E-state index in [-0.39, 0.29) is 5.92 Å². The summed E-state index contributed by atoms with van der Waals surface area (Å²) in [6.07, 6.45) is 10.8. The second-order valence-electron chi connectivity index (χ2n) is 4.09. The Balaban J connectivity index is 3.81. The Morgan fingerprint density at radius 3 is 2.50 bits per heavy atom. The van der Waals surface area contributed by atoms with E-state index < -0.39 is 0 Å². The second-order valence-corrected chi connectivity index (χ2v) is 4.09. The zero-order valence-corrected chi connectivity index (χ0v) is 10.6. The lowest BCUT2D eigenvalue weighted by Gasteiger charge is -2.11. The fourth-order valence-electron chi connectivity index (χ4n) is 1.75. The summed E-state index contributed by atoms with van der Waals surface area (Å²) in [7, 11) is 0. The predicted molar refractivity (Wildman–Crippen MR) is 67.4 cm³/mol. The molecule has 0 heterocycles. The van der Waals surface area contributed by atoms with Crippen molar-refractivity contribution in [2.45, 2.75) is 58.8 Å². The minimum absolute atomic E-state index is 0.162. The fourth-order valence-corrected chi connectivity index (χ4v) is 1.75. The van der Waals surface area contributed by atoms with Crippen LogP contribution in [0, 0.1) is 5.92 Å². The lowest BCUT2D eigenvalue weighted by molar-refractivity contribution is -0.123. The molecule has 16 heavy (non-hydrogen) atoms. The fraction of sp³-hybridized carbons (Fsp3) is 0.714. The number of aldehydes is 1. The van der Waals surface area contributed by atoms with Crippen molar-refractivity contribution in [2.24, 2.45) is 5.92 Å². The molecule has 92 valence electrons. The van der Waals surface area contributed by atoms with Gasteiger partial charge in [0.15, 0.2) is 0 Å². The van der Waals surface area contributed by atoms with Crippen LogP contribution >= 0.6 is 0 Å². The summed E-state index contributed by atoms with van der Waals surface area (Å²) in [6, 6.07) is 0. The van der Waals surface area contributed by atoms with Crippen LogP contribution in [0.1, 0.15) is 58.8 Å². The Labute approximate surface area is 99.1 Å². The molecule has 0 bridgehead atoms. The lowest BCUT2D eigenvalue weighted by atomic mass is 9.92. The standard InChI is InChI=1S/C14H24O2/c1-3-5-6-7-11-14(16)13(4-2)10-8-9-12-15/h5-6,12-13H,3-4,7-11H2,1-2H3. The van der Waals surface area contributed by atoms with E-state index in [1.165, 1.54) is 0 Å². The van der Waals surface area contributed by atoms with Crippen LogP contribution in [0.4, 0.5) is 0 Å². The summed E-state index contributed by atoms with van der Waals surface area (Å²) in [5.74, 6) is 0.518. The van der Waals surface area contributed by atoms with Crippen molar-refractivity contribution in [3.8, 4) is 0 Å². The summed E-state index contributed by atoms with van der Waals surface area (Å²) in [5, 5.41) is 0. The van der Waals surface area contributed by atoms with E-state index in [1.54, 1.807) is 0 Å². The summed E-state index contributed by atoms with van der Waals surface area (Å²) in [4.78, 5) is 22.0. The van der Waals surface area contributed by atoms with Crippen molar-refractivity contribution in [1.82, 2.24) is 0 Å². The zero-order chi connectivity index (χ0) is 12.2. The summed E-state index contributed by atoms with van der Waals surface area (Å²) < 4.78 is 0. The highest BCUT2D eigenvalue weighted by Crippen LogP contribution is 2.16. The minimum atomic E-state index is 0.162. The maximum Gasteiger partial charge on any atom is 0.136 e. The average molecular weight is 224 g/mol. The molecular formula is C14H24O2. The van der Waals surface area contributed by atoms with Gasteiger partial charge in [0.1, 0.15) is 12.1 Å². The number of carbonyl (C=O) groups is 2. The van der Waals surface area contributed by atoms with Gasteiger partial charge in [-0.3, -0.25) is 4.79 Å². The first-order valence-electron chi connectivity index (χ1n) is 6.37. The van der Waals surface area contributed by atoms with Crippen LogP contribution in [0.2, 0.25) is 0 Å². The molecule has 0 aliphatic carbocycles. The van der Waals surface area contributed by atoms with Gasteiger partial charge in [0.25, 0.3) is 0 Å². The number of Topliss-reactive ketones (excluding diaryl/α,β-unsaturated/α-hetero) is 1. The number of ketones is 1. The maximum absolute atomic E-state index is 11.8. The third kappa shape index (κ3) is 7.38. The molecule has 0 rings (SSSR count). The van der Waals surface area contributed by atoms with Gasteiger partial charge in [-0.05, 0) is 32.1 Å². The van der Waals surface area contributed by atoms with Crippen molar-refractivity contribution in [1.29, 1.82) is 0 Å². The van der Waals surface area contributed by atoms with Gasteiger partial charge in [0.05, 0.1) is 0 Å². The molecule has 0 aromatic heterocycles. The normalized spacial score (nSPS) is 12.9. The van der Waals surface area contributed by atoms with Crippen LogP contribution in [-0.2, 0) is 9.59 Å². The highest BCUT2D eigenvalue weighted by molar-refractivity contribution is 5.81. The summed E-state index contributed by atoms with van der Waals surface area (Å²) in [5.41, 5.74) is 0. The van der Waals surface area contributed by atoms with Crippen LogP contribution in [0.15, 0.2) is 12.2 Å². The molecule has 0 amide bonds. The van der Waals surface area contributed by atoms with Gasteiger partial charge in [-0.1, -0.05) is 26.0 Å². The van der Waals surface area contributed by atoms with E-state index in [0.717, 1.165) is 38.4 Å². The minimum Gasteiger partial charge on any atom is -0.303 e. The van der Waals surface area contributed by atoms with Gasteiger partial charge in [0, 0.05) is 18.8 Å². The number of rotatable bonds is 10. The Morgan fingerprint density at radius 1 is 1.19 bits per heavy atom. The van der Waals surface area contributed by atoms with Gasteiger partial charge < -0.3 is 4.79 Å². The first-order valence-corrected chi connectivity index (χ1v) is 6.37. The van der Waals surface area contributed by atoms with E-state index in [2.05, 4.69) is 19.1 Å². The van der Waals surface area contributed by atoms with Crippen molar-refractivity contribution in [3.63, 3.8) is 0 Å². The first kappa shape index (κ1) is 15.1. The lowest BCUT2D eigenvalue weighted by Crippen LogP contribution is -2.13. The predicted octanol–water partition coefficient (Wildman–Crippen LogP) is 3.70. The van der Waals surface area contributed by atoms with Gasteiger partial charge >= 0.3 is 0 Å². The van der Waals surface area contributed by atoms with Gasteiger partial charge in [0.2, 0.25) is 0 Å². The number of unbranched alkanes of at least 4 members (excludes halogenated alkanes) is 1. The molecule has 0 aliphatic heterocycles. The number of allylic oxidation sites excluding steroid dienone is 2. The molecule has 0 N–H and O–H groups in total. The molecule has 2 nitrogen and oxygen atoms in total. The van der Waals surface area contributed by atoms with E-state index in [9.17, 15) is 9.59 Å². The molecular weight excluding hydrogens is 200 g/mol. The largest absolute Gasteiger partial charge is 0.303 e. The highest BCUT2D eigenvalue weighted by Gasteiger charge is 2.14. The van der Waals surface area contributed by atoms with Crippen LogP contribution < -0.4 is 0 Å². The van der Waals surface area contributed by atoms with E-state index >= 15 is 0 Å². The average Bonchev–Trinajstić information content (AvgIpc) is 2.30. The quantitative estimate of drug-likeness (QED) is 0.322. The van der Waals surface area contributed by atoms with Crippen LogP contribution in [-0.4, -0.2) is 12.1 Å². The molecule has 0 saturated heterocycles. The molecule has 0 radical (unpaired) electrons. The summed E-state index contributed by atoms with van der Waals surface area (Å²) in [6.45, 7) is 4.14. The Morgan fingerprint density at radius 2 is 1.94 bits per heavy atom. The van der Waals surface area contributed by atoms with Gasteiger partial charge in [-0.2, -0.15) is 0 Å². The van der Waals surface area contributed by atoms with Crippen molar-refractivity contribution in [2.75, 3.05) is 0 Å². The topological polar surface area (TPSA) is 34.1 Å². The van der Waals surface area contributed by atoms with Crippen LogP contribution in [0.3, 0.4) is 0 Å². The molecule has 0 saturated carbocycles. The molecule has 0 aromatic rings. The third-order valence-corrected chi connectivity index (χ3v) is 2.78. The van der Waals surface area contributed by atoms with Crippen molar-refractivity contribution < 1.29 is 9.59 Å². The summed E-state index contributed by atoms with van der Waals surface area (Å²) >= 11 is 0. The van der Waals surface area contributed by atoms with E-state index in [0.29, 0.717) is 18.6 Å². The molecule has 0 aliphatic rings. The molecule has 0 aromatic carbocycles. The van der Waals surface area contributed by atoms with Crippen molar-refractivity contribution in [3.05, 3.63) is 12.2 Å². The maximum atomic E-state index is 11.8. The molecule has 0 fully saturated rings. The monoisotopic (exact) mass is 224 g/mol. The molecule has 1 unspecified atom stereocenters. The number of hydrogen-bond acceptors (Lipinski definition) is 2. The molecule has 2 heteroatoms. The SMILES string of the molecule is CCC=CCCC(=O)C(CC)CCCC=O. The van der Waals surface area contributed by atoms with E-state index in [4.69, 9.17) is 0 Å². The Bertz CT molecular complexity index is 219. The van der Waals surface area contributed by atoms with Gasteiger partial charge in [-0.25, -0.2) is 0 Å². The Hall–Kier alpha value is -0.920. The Kier molecular flexibility index (Phi) is 9.98. The second kappa shape index (κ2) is 10.6. The van der Waals surface area contributed by atoms with E-state index in [1.807, 2.05) is 6.92 Å². The van der Waals surface area contributed by atoms with Crippen LogP contribution in [0.25, 0.3) is 0 Å². The van der Waals surface area contributed by atoms with Gasteiger partial charge in [-0.15, -0.1) is 0 Å². The first-order chi connectivity index (χ1) is 7.76. The van der Waals surface area contributed by atoms with Crippen LogP contribution in [0.5, 0.6) is 0 Å². The third-order valence-electron chi connectivity index (χ3n) is 2.78. The smallest absolute Gasteiger partial charge is 0.136 e. The molecule has 0 spiro atoms.